The average molecular weight is 297 g/mol. The Morgan fingerprint density at radius 3 is 2.95 bits per heavy atom. The number of hydrogen-bond acceptors (Lipinski definition) is 5. The van der Waals surface area contributed by atoms with E-state index in [2.05, 4.69) is 15.2 Å². The van der Waals surface area contributed by atoms with Gasteiger partial charge in [-0.2, -0.15) is 0 Å². The maximum atomic E-state index is 12.9. The third-order valence-electron chi connectivity index (χ3n) is 3.80. The molecule has 1 aromatic rings. The summed E-state index contributed by atoms with van der Waals surface area (Å²) >= 11 is 0. The first-order valence-corrected chi connectivity index (χ1v) is 7.39. The molecule has 0 aromatic carbocycles. The molecule has 1 aliphatic rings. The molecule has 0 bridgehead atoms. The van der Waals surface area contributed by atoms with Crippen molar-refractivity contribution in [3.63, 3.8) is 0 Å². The predicted molar refractivity (Wildman–Crippen MR) is 78.5 cm³/mol. The van der Waals surface area contributed by atoms with Gasteiger partial charge in [0, 0.05) is 19.6 Å². The first kappa shape index (κ1) is 16.3. The van der Waals surface area contributed by atoms with Crippen molar-refractivity contribution >= 4 is 0 Å². The molecule has 2 rings (SSSR count). The largest absolute Gasteiger partial charge is 0.394 e. The zero-order chi connectivity index (χ0) is 15.2. The van der Waals surface area contributed by atoms with Crippen LogP contribution in [0.15, 0.2) is 18.3 Å². The highest BCUT2D eigenvalue weighted by Gasteiger charge is 2.25. The summed E-state index contributed by atoms with van der Waals surface area (Å²) in [5.41, 5.74) is 0.846. The predicted octanol–water partition coefficient (Wildman–Crippen LogP) is 0.953. The van der Waals surface area contributed by atoms with Crippen molar-refractivity contribution in [2.45, 2.75) is 31.6 Å². The van der Waals surface area contributed by atoms with E-state index in [9.17, 15) is 9.50 Å². The molecule has 1 aromatic heterocycles. The van der Waals surface area contributed by atoms with Crippen LogP contribution in [-0.4, -0.2) is 60.5 Å². The van der Waals surface area contributed by atoms with E-state index in [1.54, 1.807) is 6.07 Å². The summed E-state index contributed by atoms with van der Waals surface area (Å²) in [7, 11) is 1.88. The lowest BCUT2D eigenvalue weighted by Crippen LogP contribution is -2.48. The lowest BCUT2D eigenvalue weighted by molar-refractivity contribution is -0.0955. The van der Waals surface area contributed by atoms with Crippen LogP contribution in [0.2, 0.25) is 0 Å². The fraction of sp³-hybridized carbons (Fsp3) is 0.667. The molecule has 1 saturated heterocycles. The van der Waals surface area contributed by atoms with Gasteiger partial charge < -0.3 is 15.2 Å². The molecule has 0 spiro atoms. The maximum absolute atomic E-state index is 12.9. The Kier molecular flexibility index (Phi) is 6.05. The summed E-state index contributed by atoms with van der Waals surface area (Å²) in [6, 6.07) is 3.25. The van der Waals surface area contributed by atoms with Crippen molar-refractivity contribution in [3.05, 3.63) is 29.8 Å². The molecule has 5 nitrogen and oxygen atoms in total. The molecular formula is C15H24FN3O2. The summed E-state index contributed by atoms with van der Waals surface area (Å²) in [6.45, 7) is 4.56. The molecule has 2 heterocycles. The molecule has 0 aliphatic carbocycles. The number of pyridine rings is 1. The zero-order valence-electron chi connectivity index (χ0n) is 12.6. The maximum Gasteiger partial charge on any atom is 0.141 e. The smallest absolute Gasteiger partial charge is 0.141 e. The Balaban J connectivity index is 1.89. The number of aromatic nitrogens is 1. The lowest BCUT2D eigenvalue weighted by atomic mass is 10.1. The van der Waals surface area contributed by atoms with Gasteiger partial charge in [-0.25, -0.2) is 4.39 Å². The Morgan fingerprint density at radius 1 is 1.52 bits per heavy atom. The number of nitrogens with one attached hydrogen (secondary N) is 1. The highest BCUT2D eigenvalue weighted by Crippen LogP contribution is 2.17. The molecule has 1 aliphatic heterocycles. The molecular weight excluding hydrogens is 273 g/mol. The summed E-state index contributed by atoms with van der Waals surface area (Å²) in [4.78, 5) is 6.43. The molecule has 0 amide bonds. The van der Waals surface area contributed by atoms with Crippen LogP contribution in [0.4, 0.5) is 4.39 Å². The van der Waals surface area contributed by atoms with Gasteiger partial charge in [-0.1, -0.05) is 0 Å². The van der Waals surface area contributed by atoms with Crippen LogP contribution >= 0.6 is 0 Å². The lowest BCUT2D eigenvalue weighted by Gasteiger charge is -2.36. The van der Waals surface area contributed by atoms with Crippen LogP contribution in [0, 0.1) is 5.82 Å². The topological polar surface area (TPSA) is 57.6 Å². The van der Waals surface area contributed by atoms with E-state index in [-0.39, 0.29) is 30.7 Å². The van der Waals surface area contributed by atoms with Gasteiger partial charge >= 0.3 is 0 Å². The van der Waals surface area contributed by atoms with E-state index in [4.69, 9.17) is 4.74 Å². The summed E-state index contributed by atoms with van der Waals surface area (Å²) in [5.74, 6) is -0.318. The van der Waals surface area contributed by atoms with Gasteiger partial charge in [0.1, 0.15) is 5.82 Å². The van der Waals surface area contributed by atoms with Gasteiger partial charge in [0.2, 0.25) is 0 Å². The second-order valence-electron chi connectivity index (χ2n) is 5.54. The number of halogens is 1. The van der Waals surface area contributed by atoms with Crippen LogP contribution in [0.5, 0.6) is 0 Å². The SMILES string of the molecule is CNC(CCN1CC(C)OC(CO)C1)c1ccc(F)cn1. The van der Waals surface area contributed by atoms with E-state index >= 15 is 0 Å². The molecule has 3 atom stereocenters. The fourth-order valence-electron chi connectivity index (χ4n) is 2.77. The first-order chi connectivity index (χ1) is 10.1. The highest BCUT2D eigenvalue weighted by molar-refractivity contribution is 5.09. The summed E-state index contributed by atoms with van der Waals surface area (Å²) in [6.07, 6.45) is 2.15. The summed E-state index contributed by atoms with van der Waals surface area (Å²) in [5, 5.41) is 12.5. The second-order valence-corrected chi connectivity index (χ2v) is 5.54. The molecule has 118 valence electrons. The van der Waals surface area contributed by atoms with Crippen molar-refractivity contribution in [2.24, 2.45) is 0 Å². The van der Waals surface area contributed by atoms with E-state index in [0.29, 0.717) is 0 Å². The third-order valence-corrected chi connectivity index (χ3v) is 3.80. The summed E-state index contributed by atoms with van der Waals surface area (Å²) < 4.78 is 18.6. The van der Waals surface area contributed by atoms with Crippen LogP contribution in [0.25, 0.3) is 0 Å². The van der Waals surface area contributed by atoms with E-state index < -0.39 is 0 Å². The van der Waals surface area contributed by atoms with Crippen molar-refractivity contribution in [1.82, 2.24) is 15.2 Å². The third kappa shape index (κ3) is 4.71. The Bertz CT molecular complexity index is 429. The average Bonchev–Trinajstić information content (AvgIpc) is 2.49. The van der Waals surface area contributed by atoms with Gasteiger partial charge in [0.25, 0.3) is 0 Å². The standard InChI is InChI=1S/C15H24FN3O2/c1-11-8-19(9-13(10-20)21-11)6-5-14(17-2)15-4-3-12(16)7-18-15/h3-4,7,11,13-14,17,20H,5-6,8-10H2,1-2H3. The van der Waals surface area contributed by atoms with Crippen LogP contribution in [0.3, 0.4) is 0 Å². The molecule has 0 radical (unpaired) electrons. The molecule has 21 heavy (non-hydrogen) atoms. The Morgan fingerprint density at radius 2 is 2.33 bits per heavy atom. The van der Waals surface area contributed by atoms with Gasteiger partial charge in [0.05, 0.1) is 36.7 Å². The normalized spacial score (nSPS) is 25.0. The number of aliphatic hydroxyl groups is 1. The Labute approximate surface area is 125 Å². The molecule has 2 N–H and O–H groups in total. The number of hydrogen-bond donors (Lipinski definition) is 2. The molecule has 6 heteroatoms. The van der Waals surface area contributed by atoms with Crippen LogP contribution in [-0.2, 0) is 4.74 Å². The van der Waals surface area contributed by atoms with E-state index in [0.717, 1.165) is 31.7 Å². The first-order valence-electron chi connectivity index (χ1n) is 7.39. The number of morpholine rings is 1. The number of aliphatic hydroxyl groups excluding tert-OH is 1. The van der Waals surface area contributed by atoms with Gasteiger partial charge in [-0.3, -0.25) is 9.88 Å². The van der Waals surface area contributed by atoms with Crippen molar-refractivity contribution in [3.8, 4) is 0 Å². The zero-order valence-corrected chi connectivity index (χ0v) is 12.6. The van der Waals surface area contributed by atoms with Crippen LogP contribution in [0.1, 0.15) is 25.1 Å². The van der Waals surface area contributed by atoms with Gasteiger partial charge in [0.15, 0.2) is 0 Å². The van der Waals surface area contributed by atoms with Gasteiger partial charge in [-0.05, 0) is 32.5 Å². The number of nitrogens with zero attached hydrogens (tertiary/aromatic N) is 2. The Hall–Kier alpha value is -1.08. The minimum absolute atomic E-state index is 0.0514. The van der Waals surface area contributed by atoms with Crippen LogP contribution < -0.4 is 5.32 Å². The van der Waals surface area contributed by atoms with Crippen molar-refractivity contribution in [1.29, 1.82) is 0 Å². The number of rotatable bonds is 6. The fourth-order valence-corrected chi connectivity index (χ4v) is 2.77. The quantitative estimate of drug-likeness (QED) is 0.819. The molecule has 1 fully saturated rings. The molecule has 0 saturated carbocycles. The minimum atomic E-state index is -0.318. The van der Waals surface area contributed by atoms with Gasteiger partial charge in [-0.15, -0.1) is 0 Å². The van der Waals surface area contributed by atoms with Crippen molar-refractivity contribution in [2.75, 3.05) is 33.3 Å². The van der Waals surface area contributed by atoms with Crippen molar-refractivity contribution < 1.29 is 14.2 Å². The second kappa shape index (κ2) is 7.79. The van der Waals surface area contributed by atoms with E-state index in [1.807, 2.05) is 14.0 Å². The number of ether oxygens (including phenoxy) is 1. The monoisotopic (exact) mass is 297 g/mol. The minimum Gasteiger partial charge on any atom is -0.394 e. The highest BCUT2D eigenvalue weighted by atomic mass is 19.1. The van der Waals surface area contributed by atoms with E-state index in [1.165, 1.54) is 12.3 Å². The molecule has 3 unspecified atom stereocenters.